The molecule has 1 aliphatic heterocycles. The first kappa shape index (κ1) is 18.7. The van der Waals surface area contributed by atoms with Crippen LogP contribution in [0, 0.1) is 0 Å². The Morgan fingerprint density at radius 1 is 0.966 bits per heavy atom. The number of rotatable bonds is 6. The van der Waals surface area contributed by atoms with E-state index in [9.17, 15) is 4.79 Å². The Morgan fingerprint density at radius 2 is 1.66 bits per heavy atom. The second-order valence-electron chi connectivity index (χ2n) is 6.53. The van der Waals surface area contributed by atoms with Gasteiger partial charge in [0.15, 0.2) is 18.1 Å². The molecule has 0 N–H and O–H groups in total. The zero-order valence-electron chi connectivity index (χ0n) is 16.1. The fraction of sp³-hybridized carbons (Fsp3) is 0.300. The van der Waals surface area contributed by atoms with Crippen LogP contribution in [0.3, 0.4) is 0 Å². The van der Waals surface area contributed by atoms with Gasteiger partial charge in [0.25, 0.3) is 5.91 Å². The molecule has 0 atom stereocenters. The first-order valence-corrected chi connectivity index (χ1v) is 9.38. The van der Waals surface area contributed by atoms with E-state index < -0.39 is 0 Å². The van der Waals surface area contributed by atoms with Crippen molar-refractivity contribution in [3.8, 4) is 17.2 Å². The lowest BCUT2D eigenvalue weighted by molar-refractivity contribution is -0.133. The number of nitrogens with zero attached hydrogens (tertiary/aromatic N) is 6. The molecule has 9 heteroatoms. The summed E-state index contributed by atoms with van der Waals surface area (Å²) in [5, 5.41) is 12.1. The highest BCUT2D eigenvalue weighted by molar-refractivity contribution is 5.78. The lowest BCUT2D eigenvalue weighted by Crippen LogP contribution is -2.50. The van der Waals surface area contributed by atoms with Gasteiger partial charge in [-0.2, -0.15) is 4.68 Å². The molecule has 0 aliphatic carbocycles. The van der Waals surface area contributed by atoms with Crippen LogP contribution in [0.1, 0.15) is 0 Å². The van der Waals surface area contributed by atoms with Gasteiger partial charge in [-0.1, -0.05) is 35.4 Å². The van der Waals surface area contributed by atoms with Crippen molar-refractivity contribution in [2.45, 2.75) is 0 Å². The van der Waals surface area contributed by atoms with Crippen molar-refractivity contribution in [1.82, 2.24) is 25.1 Å². The van der Waals surface area contributed by atoms with Crippen molar-refractivity contribution in [2.75, 3.05) is 44.8 Å². The standard InChI is InChI=1S/C20H22N6O3/c1-28-17-9-5-6-10-18(17)29-15-19(27)24-11-13-25(14-12-24)20-21-22-23-26(20)16-7-3-2-4-8-16/h2-10H,11-15H2,1H3. The van der Waals surface area contributed by atoms with Crippen LogP contribution in [-0.4, -0.2) is 70.9 Å². The highest BCUT2D eigenvalue weighted by Crippen LogP contribution is 2.25. The molecule has 9 nitrogen and oxygen atoms in total. The topological polar surface area (TPSA) is 85.6 Å². The monoisotopic (exact) mass is 394 g/mol. The van der Waals surface area contributed by atoms with E-state index in [0.29, 0.717) is 43.6 Å². The lowest BCUT2D eigenvalue weighted by atomic mass is 10.3. The van der Waals surface area contributed by atoms with Crippen LogP contribution in [0.15, 0.2) is 54.6 Å². The third kappa shape index (κ3) is 4.13. The number of aromatic nitrogens is 4. The van der Waals surface area contributed by atoms with E-state index in [0.717, 1.165) is 5.69 Å². The molecule has 3 aromatic rings. The minimum absolute atomic E-state index is 0.0257. The molecule has 29 heavy (non-hydrogen) atoms. The fourth-order valence-electron chi connectivity index (χ4n) is 3.24. The summed E-state index contributed by atoms with van der Waals surface area (Å²) in [5.41, 5.74) is 0.899. The van der Waals surface area contributed by atoms with Gasteiger partial charge in [0.05, 0.1) is 12.8 Å². The molecule has 1 saturated heterocycles. The predicted octanol–water partition coefficient (Wildman–Crippen LogP) is 1.40. The summed E-state index contributed by atoms with van der Waals surface area (Å²) < 4.78 is 12.6. The molecule has 0 spiro atoms. The van der Waals surface area contributed by atoms with Crippen molar-refractivity contribution in [3.63, 3.8) is 0 Å². The molecule has 4 rings (SSSR count). The van der Waals surface area contributed by atoms with Gasteiger partial charge in [-0.3, -0.25) is 4.79 Å². The Morgan fingerprint density at radius 3 is 2.38 bits per heavy atom. The van der Waals surface area contributed by atoms with Crippen molar-refractivity contribution >= 4 is 11.9 Å². The number of carbonyl (C=O) groups is 1. The van der Waals surface area contributed by atoms with E-state index in [1.807, 2.05) is 42.5 Å². The SMILES string of the molecule is COc1ccccc1OCC(=O)N1CCN(c2nnnn2-c2ccccc2)CC1. The largest absolute Gasteiger partial charge is 0.493 e. The number of amides is 1. The molecule has 1 aliphatic rings. The Labute approximate surface area is 168 Å². The maximum atomic E-state index is 12.5. The van der Waals surface area contributed by atoms with Gasteiger partial charge in [0, 0.05) is 26.2 Å². The van der Waals surface area contributed by atoms with E-state index in [2.05, 4.69) is 20.4 Å². The van der Waals surface area contributed by atoms with Crippen LogP contribution in [0.25, 0.3) is 5.69 Å². The first-order valence-electron chi connectivity index (χ1n) is 9.38. The highest BCUT2D eigenvalue weighted by Gasteiger charge is 2.25. The number of methoxy groups -OCH3 is 1. The van der Waals surface area contributed by atoms with E-state index in [-0.39, 0.29) is 12.5 Å². The summed E-state index contributed by atoms with van der Waals surface area (Å²) >= 11 is 0. The van der Waals surface area contributed by atoms with Gasteiger partial charge in [-0.15, -0.1) is 0 Å². The van der Waals surface area contributed by atoms with Crippen molar-refractivity contribution in [1.29, 1.82) is 0 Å². The number of benzene rings is 2. The number of ether oxygens (including phenoxy) is 2. The molecule has 1 amide bonds. The number of hydrogen-bond donors (Lipinski definition) is 0. The minimum Gasteiger partial charge on any atom is -0.493 e. The number of anilines is 1. The van der Waals surface area contributed by atoms with E-state index >= 15 is 0 Å². The summed E-state index contributed by atoms with van der Waals surface area (Å²) in [6.07, 6.45) is 0. The molecule has 150 valence electrons. The zero-order chi connectivity index (χ0) is 20.1. The number of tetrazole rings is 1. The van der Waals surface area contributed by atoms with Gasteiger partial charge in [-0.05, 0) is 34.7 Å². The summed E-state index contributed by atoms with van der Waals surface area (Å²) in [6.45, 7) is 2.43. The average Bonchev–Trinajstić information content (AvgIpc) is 3.28. The maximum Gasteiger partial charge on any atom is 0.260 e. The summed E-state index contributed by atoms with van der Waals surface area (Å²) in [6, 6.07) is 17.0. The molecule has 0 saturated carbocycles. The number of hydrogen-bond acceptors (Lipinski definition) is 7. The van der Waals surface area contributed by atoms with Crippen LogP contribution < -0.4 is 14.4 Å². The van der Waals surface area contributed by atoms with E-state index in [4.69, 9.17) is 9.47 Å². The molecule has 1 aromatic heterocycles. The summed E-state index contributed by atoms with van der Waals surface area (Å²) in [4.78, 5) is 16.4. The quantitative estimate of drug-likeness (QED) is 0.625. The summed E-state index contributed by atoms with van der Waals surface area (Å²) in [7, 11) is 1.58. The molecular weight excluding hydrogens is 372 g/mol. The molecule has 0 bridgehead atoms. The Hall–Kier alpha value is -3.62. The molecule has 1 fully saturated rings. The van der Waals surface area contributed by atoms with Gasteiger partial charge >= 0.3 is 0 Å². The summed E-state index contributed by atoms with van der Waals surface area (Å²) in [5.74, 6) is 1.79. The second kappa shape index (κ2) is 8.59. The van der Waals surface area contributed by atoms with Crippen molar-refractivity contribution < 1.29 is 14.3 Å². The Kier molecular flexibility index (Phi) is 5.55. The number of piperazine rings is 1. The first-order chi connectivity index (χ1) is 14.3. The van der Waals surface area contributed by atoms with Crippen molar-refractivity contribution in [2.24, 2.45) is 0 Å². The zero-order valence-corrected chi connectivity index (χ0v) is 16.1. The van der Waals surface area contributed by atoms with Crippen LogP contribution in [0.5, 0.6) is 11.5 Å². The van der Waals surface area contributed by atoms with Crippen LogP contribution in [-0.2, 0) is 4.79 Å². The second-order valence-corrected chi connectivity index (χ2v) is 6.53. The third-order valence-electron chi connectivity index (χ3n) is 4.79. The van der Waals surface area contributed by atoms with Crippen LogP contribution >= 0.6 is 0 Å². The van der Waals surface area contributed by atoms with Gasteiger partial charge in [0.2, 0.25) is 5.95 Å². The van der Waals surface area contributed by atoms with E-state index in [1.54, 1.807) is 28.8 Å². The maximum absolute atomic E-state index is 12.5. The highest BCUT2D eigenvalue weighted by atomic mass is 16.5. The molecule has 2 aromatic carbocycles. The minimum atomic E-state index is -0.0572. The van der Waals surface area contributed by atoms with Gasteiger partial charge in [0.1, 0.15) is 0 Å². The Balaban J connectivity index is 1.34. The smallest absolute Gasteiger partial charge is 0.260 e. The Bertz CT molecular complexity index is 954. The lowest BCUT2D eigenvalue weighted by Gasteiger charge is -2.34. The number of carbonyl (C=O) groups excluding carboxylic acids is 1. The van der Waals surface area contributed by atoms with Crippen molar-refractivity contribution in [3.05, 3.63) is 54.6 Å². The van der Waals surface area contributed by atoms with Gasteiger partial charge < -0.3 is 19.3 Å². The fourth-order valence-corrected chi connectivity index (χ4v) is 3.24. The van der Waals surface area contributed by atoms with Gasteiger partial charge in [-0.25, -0.2) is 0 Å². The third-order valence-corrected chi connectivity index (χ3v) is 4.79. The molecule has 0 radical (unpaired) electrons. The molecular formula is C20H22N6O3. The molecule has 0 unspecified atom stereocenters. The normalized spacial score (nSPS) is 14.0. The predicted molar refractivity (Wildman–Crippen MR) is 106 cm³/mol. The van der Waals surface area contributed by atoms with E-state index in [1.165, 1.54) is 0 Å². The molecule has 2 heterocycles. The number of para-hydroxylation sites is 3. The van der Waals surface area contributed by atoms with Crippen LogP contribution in [0.2, 0.25) is 0 Å². The van der Waals surface area contributed by atoms with Crippen LogP contribution in [0.4, 0.5) is 5.95 Å². The average molecular weight is 394 g/mol.